The van der Waals surface area contributed by atoms with Crippen LogP contribution in [0.25, 0.3) is 0 Å². The Bertz CT molecular complexity index is 517. The number of piperazine rings is 1. The fourth-order valence-electron chi connectivity index (χ4n) is 2.23. The highest BCUT2D eigenvalue weighted by molar-refractivity contribution is 7.89. The minimum atomic E-state index is -3.43. The lowest BCUT2D eigenvalue weighted by molar-refractivity contribution is 0.154. The van der Waals surface area contributed by atoms with Gasteiger partial charge < -0.3 is 5.11 Å². The van der Waals surface area contributed by atoms with E-state index < -0.39 is 10.0 Å². The molecule has 1 saturated heterocycles. The Morgan fingerprint density at radius 3 is 2.05 bits per heavy atom. The largest absolute Gasteiger partial charge is 0.508 e. The number of hydrogen-bond donors (Lipinski definition) is 1. The zero-order valence-electron chi connectivity index (χ0n) is 11.3. The molecule has 6 heteroatoms. The van der Waals surface area contributed by atoms with Crippen molar-refractivity contribution >= 4 is 10.0 Å². The van der Waals surface area contributed by atoms with E-state index in [1.165, 1.54) is 28.6 Å². The fourth-order valence-corrected chi connectivity index (χ4v) is 3.65. The Hall–Kier alpha value is -1.11. The Morgan fingerprint density at radius 2 is 1.58 bits per heavy atom. The number of nitrogens with zero attached hydrogens (tertiary/aromatic N) is 2. The third-order valence-corrected chi connectivity index (χ3v) is 5.39. The van der Waals surface area contributed by atoms with Crippen LogP contribution in [0.3, 0.4) is 0 Å². The Balaban J connectivity index is 2.12. The molecule has 1 aromatic rings. The lowest BCUT2D eigenvalue weighted by Gasteiger charge is -2.36. The first kappa shape index (κ1) is 14.3. The van der Waals surface area contributed by atoms with Gasteiger partial charge in [-0.1, -0.05) is 0 Å². The topological polar surface area (TPSA) is 60.9 Å². The van der Waals surface area contributed by atoms with E-state index in [0.29, 0.717) is 19.1 Å². The van der Waals surface area contributed by atoms with Gasteiger partial charge in [0, 0.05) is 32.2 Å². The van der Waals surface area contributed by atoms with E-state index in [1.54, 1.807) is 0 Å². The van der Waals surface area contributed by atoms with E-state index >= 15 is 0 Å². The van der Waals surface area contributed by atoms with Gasteiger partial charge in [0.1, 0.15) is 5.75 Å². The SMILES string of the molecule is CC(C)N1CCN(S(=O)(=O)c2ccc(O)cc2)CC1. The molecule has 0 saturated carbocycles. The van der Waals surface area contributed by atoms with Crippen molar-refractivity contribution in [2.45, 2.75) is 24.8 Å². The fraction of sp³-hybridized carbons (Fsp3) is 0.538. The van der Waals surface area contributed by atoms with Crippen molar-refractivity contribution in [2.75, 3.05) is 26.2 Å². The summed E-state index contributed by atoms with van der Waals surface area (Å²) in [6.07, 6.45) is 0. The highest BCUT2D eigenvalue weighted by Gasteiger charge is 2.28. The second kappa shape index (κ2) is 5.48. The molecular weight excluding hydrogens is 264 g/mol. The Morgan fingerprint density at radius 1 is 1.05 bits per heavy atom. The second-order valence-electron chi connectivity index (χ2n) is 5.03. The van der Waals surface area contributed by atoms with E-state index in [2.05, 4.69) is 18.7 Å². The van der Waals surface area contributed by atoms with Gasteiger partial charge in [-0.3, -0.25) is 4.90 Å². The second-order valence-corrected chi connectivity index (χ2v) is 6.97. The predicted molar refractivity (Wildman–Crippen MR) is 73.6 cm³/mol. The molecule has 1 heterocycles. The van der Waals surface area contributed by atoms with Crippen LogP contribution in [0.4, 0.5) is 0 Å². The van der Waals surface area contributed by atoms with Gasteiger partial charge in [0.25, 0.3) is 0 Å². The molecule has 1 aliphatic rings. The lowest BCUT2D eigenvalue weighted by atomic mass is 10.3. The maximum atomic E-state index is 12.4. The molecule has 0 atom stereocenters. The molecule has 0 aliphatic carbocycles. The quantitative estimate of drug-likeness (QED) is 0.903. The third-order valence-electron chi connectivity index (χ3n) is 3.48. The molecule has 0 unspecified atom stereocenters. The van der Waals surface area contributed by atoms with Crippen LogP contribution >= 0.6 is 0 Å². The van der Waals surface area contributed by atoms with Crippen molar-refractivity contribution in [3.8, 4) is 5.75 Å². The van der Waals surface area contributed by atoms with Gasteiger partial charge in [-0.05, 0) is 38.1 Å². The van der Waals surface area contributed by atoms with Gasteiger partial charge in [-0.15, -0.1) is 0 Å². The van der Waals surface area contributed by atoms with Crippen LogP contribution in [0.15, 0.2) is 29.2 Å². The molecule has 0 aromatic heterocycles. The van der Waals surface area contributed by atoms with Crippen LogP contribution < -0.4 is 0 Å². The van der Waals surface area contributed by atoms with Crippen LogP contribution in [0.5, 0.6) is 5.75 Å². The summed E-state index contributed by atoms with van der Waals surface area (Å²) in [5.74, 6) is 0.0728. The van der Waals surface area contributed by atoms with Crippen molar-refractivity contribution in [3.63, 3.8) is 0 Å². The van der Waals surface area contributed by atoms with Crippen molar-refractivity contribution in [2.24, 2.45) is 0 Å². The highest BCUT2D eigenvalue weighted by atomic mass is 32.2. The molecule has 1 aliphatic heterocycles. The van der Waals surface area contributed by atoms with E-state index in [4.69, 9.17) is 0 Å². The van der Waals surface area contributed by atoms with Gasteiger partial charge in [-0.2, -0.15) is 4.31 Å². The summed E-state index contributed by atoms with van der Waals surface area (Å²) in [6, 6.07) is 6.13. The summed E-state index contributed by atoms with van der Waals surface area (Å²) in [5.41, 5.74) is 0. The summed E-state index contributed by atoms with van der Waals surface area (Å²) in [7, 11) is -3.43. The summed E-state index contributed by atoms with van der Waals surface area (Å²) >= 11 is 0. The van der Waals surface area contributed by atoms with Gasteiger partial charge in [0.05, 0.1) is 4.90 Å². The van der Waals surface area contributed by atoms with E-state index in [0.717, 1.165) is 13.1 Å². The van der Waals surface area contributed by atoms with Crippen molar-refractivity contribution < 1.29 is 13.5 Å². The standard InChI is InChI=1S/C13H20N2O3S/c1-11(2)14-7-9-15(10-8-14)19(17,18)13-5-3-12(16)4-6-13/h3-6,11,16H,7-10H2,1-2H3. The van der Waals surface area contributed by atoms with Crippen LogP contribution in [0, 0.1) is 0 Å². The molecule has 0 amide bonds. The number of hydrogen-bond acceptors (Lipinski definition) is 4. The molecule has 1 fully saturated rings. The Labute approximate surface area is 114 Å². The van der Waals surface area contributed by atoms with E-state index in [9.17, 15) is 13.5 Å². The van der Waals surface area contributed by atoms with Crippen LogP contribution in [-0.4, -0.2) is 55.0 Å². The average molecular weight is 284 g/mol. The first-order valence-electron chi connectivity index (χ1n) is 6.44. The van der Waals surface area contributed by atoms with Crippen LogP contribution in [0.2, 0.25) is 0 Å². The van der Waals surface area contributed by atoms with Crippen LogP contribution in [0.1, 0.15) is 13.8 Å². The summed E-state index contributed by atoms with van der Waals surface area (Å²) in [4.78, 5) is 2.51. The smallest absolute Gasteiger partial charge is 0.243 e. The lowest BCUT2D eigenvalue weighted by Crippen LogP contribution is -2.50. The first-order valence-corrected chi connectivity index (χ1v) is 7.88. The zero-order valence-corrected chi connectivity index (χ0v) is 12.1. The number of rotatable bonds is 3. The number of sulfonamides is 1. The first-order chi connectivity index (χ1) is 8.91. The molecule has 19 heavy (non-hydrogen) atoms. The van der Waals surface area contributed by atoms with Crippen LogP contribution in [-0.2, 0) is 10.0 Å². The normalized spacial score (nSPS) is 18.9. The van der Waals surface area contributed by atoms with Crippen molar-refractivity contribution in [1.29, 1.82) is 0 Å². The number of phenolic OH excluding ortho intramolecular Hbond substituents is 1. The van der Waals surface area contributed by atoms with Gasteiger partial charge in [-0.25, -0.2) is 8.42 Å². The minimum Gasteiger partial charge on any atom is -0.508 e. The van der Waals surface area contributed by atoms with Crippen molar-refractivity contribution in [1.82, 2.24) is 9.21 Å². The number of benzene rings is 1. The minimum absolute atomic E-state index is 0.0728. The maximum Gasteiger partial charge on any atom is 0.243 e. The molecule has 0 radical (unpaired) electrons. The molecule has 1 aromatic carbocycles. The summed E-state index contributed by atoms with van der Waals surface area (Å²) in [5, 5.41) is 9.21. The van der Waals surface area contributed by atoms with Crippen molar-refractivity contribution in [3.05, 3.63) is 24.3 Å². The molecule has 106 valence electrons. The number of aromatic hydroxyl groups is 1. The maximum absolute atomic E-state index is 12.4. The molecular formula is C13H20N2O3S. The summed E-state index contributed by atoms with van der Waals surface area (Å²) in [6.45, 7) is 6.78. The highest BCUT2D eigenvalue weighted by Crippen LogP contribution is 2.20. The Kier molecular flexibility index (Phi) is 4.13. The van der Waals surface area contributed by atoms with Gasteiger partial charge in [0.15, 0.2) is 0 Å². The molecule has 0 spiro atoms. The van der Waals surface area contributed by atoms with Gasteiger partial charge >= 0.3 is 0 Å². The number of phenols is 1. The average Bonchev–Trinajstić information content (AvgIpc) is 2.39. The molecule has 2 rings (SSSR count). The predicted octanol–water partition coefficient (Wildman–Crippen LogP) is 1.11. The van der Waals surface area contributed by atoms with Gasteiger partial charge in [0.2, 0.25) is 10.0 Å². The molecule has 5 nitrogen and oxygen atoms in total. The molecule has 0 bridgehead atoms. The molecule has 1 N–H and O–H groups in total. The van der Waals surface area contributed by atoms with E-state index in [1.807, 2.05) is 0 Å². The zero-order chi connectivity index (χ0) is 14.0. The van der Waals surface area contributed by atoms with E-state index in [-0.39, 0.29) is 10.6 Å². The third kappa shape index (κ3) is 3.08. The summed E-state index contributed by atoms with van der Waals surface area (Å²) < 4.78 is 26.3. The monoisotopic (exact) mass is 284 g/mol.